The van der Waals surface area contributed by atoms with Crippen LogP contribution < -0.4 is 10.8 Å². The third kappa shape index (κ3) is 3.14. The lowest BCUT2D eigenvalue weighted by Crippen LogP contribution is -2.16. The molecular formula is C21H17N3O4. The van der Waals surface area contributed by atoms with E-state index in [0.29, 0.717) is 11.3 Å². The largest absolute Gasteiger partial charge is 0.504 e. The number of H-pyrrole nitrogens is 1. The summed E-state index contributed by atoms with van der Waals surface area (Å²) in [5, 5.41) is 11.6. The fourth-order valence-electron chi connectivity index (χ4n) is 2.91. The Morgan fingerprint density at radius 3 is 3.11 bits per heavy atom. The number of hydrogen-bond acceptors (Lipinski definition) is 6. The molecule has 7 heteroatoms. The number of ether oxygens (including phenoxy) is 1. The second-order valence-corrected chi connectivity index (χ2v) is 5.93. The Kier molecular flexibility index (Phi) is 4.63. The Hall–Kier alpha value is -3.87. The van der Waals surface area contributed by atoms with Crippen LogP contribution >= 0.6 is 0 Å². The Balaban J connectivity index is 1.98. The zero-order valence-corrected chi connectivity index (χ0v) is 15.0. The summed E-state index contributed by atoms with van der Waals surface area (Å²) in [6, 6.07) is 3.72. The van der Waals surface area contributed by atoms with Gasteiger partial charge in [-0.1, -0.05) is 12.2 Å². The maximum Gasteiger partial charge on any atom is 0.345 e. The standard InChI is InChI=1S/C21H17N3O4/c1-2-27-21(26)17-18(25)16(28-19(17)15-8-4-3-5-9-22-15)11-13-12-24-20-14(13)7-6-10-23-20/h3-12,25H,2H2,1H3,(H,23,24)/b16-11-,19-15?. The molecule has 0 bridgehead atoms. The Labute approximate surface area is 159 Å². The van der Waals surface area contributed by atoms with Crippen molar-refractivity contribution in [3.8, 4) is 5.75 Å². The van der Waals surface area contributed by atoms with Gasteiger partial charge in [0, 0.05) is 29.6 Å². The number of nitrogens with one attached hydrogen (secondary N) is 1. The number of esters is 1. The molecule has 0 radical (unpaired) electrons. The molecule has 28 heavy (non-hydrogen) atoms. The number of aliphatic imine (C=N–C) groups is 1. The van der Waals surface area contributed by atoms with E-state index in [1.54, 1.807) is 55.9 Å². The number of carbonyl (C=O) groups is 1. The van der Waals surface area contributed by atoms with Crippen LogP contribution in [0.3, 0.4) is 0 Å². The highest BCUT2D eigenvalue weighted by Crippen LogP contribution is 2.18. The van der Waals surface area contributed by atoms with E-state index in [0.717, 1.165) is 10.9 Å². The number of hydrogen-bond donors (Lipinski definition) is 2. The van der Waals surface area contributed by atoms with E-state index in [2.05, 4.69) is 15.0 Å². The molecule has 4 heterocycles. The first kappa shape index (κ1) is 17.5. The first-order valence-electron chi connectivity index (χ1n) is 8.73. The normalized spacial score (nSPS) is 16.0. The minimum absolute atomic E-state index is 0.0511. The smallest absolute Gasteiger partial charge is 0.345 e. The highest BCUT2D eigenvalue weighted by molar-refractivity contribution is 5.94. The SMILES string of the molecule is CCOC(=O)c1c(O)/c(=C/c2c[nH]c3ncccc23)oc1=C1C=CC=CC=N1. The van der Waals surface area contributed by atoms with Gasteiger partial charge in [0.05, 0.1) is 6.61 Å². The van der Waals surface area contributed by atoms with Crippen molar-refractivity contribution in [2.45, 2.75) is 6.92 Å². The number of rotatable bonds is 3. The van der Waals surface area contributed by atoms with Crippen LogP contribution in [0.2, 0.25) is 0 Å². The van der Waals surface area contributed by atoms with Gasteiger partial charge in [0.25, 0.3) is 0 Å². The highest BCUT2D eigenvalue weighted by Gasteiger charge is 2.22. The third-order valence-corrected chi connectivity index (χ3v) is 4.17. The molecule has 0 saturated heterocycles. The lowest BCUT2D eigenvalue weighted by Gasteiger charge is -1.99. The first-order valence-corrected chi connectivity index (χ1v) is 8.73. The molecule has 0 aromatic carbocycles. The predicted octanol–water partition coefficient (Wildman–Crippen LogP) is 2.17. The fourth-order valence-corrected chi connectivity index (χ4v) is 2.91. The van der Waals surface area contributed by atoms with Crippen LogP contribution in [-0.4, -0.2) is 33.9 Å². The van der Waals surface area contributed by atoms with Crippen LogP contribution in [0.1, 0.15) is 22.8 Å². The van der Waals surface area contributed by atoms with Crippen LogP contribution in [0.25, 0.3) is 22.8 Å². The van der Waals surface area contributed by atoms with E-state index < -0.39 is 5.97 Å². The van der Waals surface area contributed by atoms with E-state index in [1.165, 1.54) is 0 Å². The summed E-state index contributed by atoms with van der Waals surface area (Å²) in [5.74, 6) is -0.965. The zero-order valence-electron chi connectivity index (χ0n) is 15.0. The van der Waals surface area contributed by atoms with Gasteiger partial charge in [-0.05, 0) is 37.3 Å². The predicted molar refractivity (Wildman–Crippen MR) is 105 cm³/mol. The molecular weight excluding hydrogens is 358 g/mol. The topological polar surface area (TPSA) is 101 Å². The molecule has 0 fully saturated rings. The fraction of sp³-hybridized carbons (Fsp3) is 0.0952. The van der Waals surface area contributed by atoms with Gasteiger partial charge in [-0.2, -0.15) is 0 Å². The van der Waals surface area contributed by atoms with Crippen LogP contribution in [0.4, 0.5) is 0 Å². The molecule has 2 N–H and O–H groups in total. The van der Waals surface area contributed by atoms with Crippen LogP contribution in [0, 0.1) is 0 Å². The van der Waals surface area contributed by atoms with E-state index in [9.17, 15) is 9.90 Å². The Bertz CT molecular complexity index is 1240. The number of aromatic amines is 1. The molecule has 3 aromatic rings. The van der Waals surface area contributed by atoms with Crippen molar-refractivity contribution in [2.75, 3.05) is 6.61 Å². The van der Waals surface area contributed by atoms with Crippen LogP contribution in [-0.2, 0) is 4.74 Å². The number of fused-ring (bicyclic) bond motifs is 1. The second kappa shape index (κ2) is 7.40. The number of aromatic hydroxyl groups is 1. The van der Waals surface area contributed by atoms with E-state index in [-0.39, 0.29) is 28.8 Å². The monoisotopic (exact) mass is 375 g/mol. The minimum Gasteiger partial charge on any atom is -0.504 e. The molecule has 0 amide bonds. The highest BCUT2D eigenvalue weighted by atomic mass is 16.5. The van der Waals surface area contributed by atoms with Gasteiger partial charge >= 0.3 is 5.97 Å². The Morgan fingerprint density at radius 1 is 1.36 bits per heavy atom. The maximum absolute atomic E-state index is 12.5. The molecule has 0 saturated carbocycles. The average Bonchev–Trinajstić information content (AvgIpc) is 3.12. The van der Waals surface area contributed by atoms with Crippen LogP contribution in [0.15, 0.2) is 58.2 Å². The van der Waals surface area contributed by atoms with Crippen molar-refractivity contribution < 1.29 is 19.1 Å². The molecule has 1 aliphatic heterocycles. The molecule has 0 atom stereocenters. The van der Waals surface area contributed by atoms with E-state index in [4.69, 9.17) is 9.15 Å². The minimum atomic E-state index is -0.674. The third-order valence-electron chi connectivity index (χ3n) is 4.17. The van der Waals surface area contributed by atoms with Gasteiger partial charge in [0.15, 0.2) is 22.1 Å². The molecule has 3 aromatic heterocycles. The quantitative estimate of drug-likeness (QED) is 0.684. The van der Waals surface area contributed by atoms with Gasteiger partial charge in [-0.25, -0.2) is 9.78 Å². The van der Waals surface area contributed by atoms with Gasteiger partial charge in [-0.15, -0.1) is 0 Å². The summed E-state index contributed by atoms with van der Waals surface area (Å²) in [7, 11) is 0. The number of pyridine rings is 1. The van der Waals surface area contributed by atoms with Crippen molar-refractivity contribution in [3.63, 3.8) is 0 Å². The number of furan rings is 1. The maximum atomic E-state index is 12.5. The molecule has 7 nitrogen and oxygen atoms in total. The van der Waals surface area contributed by atoms with Crippen molar-refractivity contribution in [1.29, 1.82) is 0 Å². The van der Waals surface area contributed by atoms with E-state index in [1.807, 2.05) is 12.1 Å². The summed E-state index contributed by atoms with van der Waals surface area (Å²) in [4.78, 5) is 24.0. The Morgan fingerprint density at radius 2 is 2.25 bits per heavy atom. The number of carbonyl (C=O) groups excluding carboxylic acids is 1. The van der Waals surface area contributed by atoms with Crippen molar-refractivity contribution in [1.82, 2.24) is 9.97 Å². The van der Waals surface area contributed by atoms with Gasteiger partial charge < -0.3 is 19.2 Å². The molecule has 0 unspecified atom stereocenters. The van der Waals surface area contributed by atoms with Crippen molar-refractivity contribution >= 4 is 35.0 Å². The lowest BCUT2D eigenvalue weighted by atomic mass is 10.2. The summed E-state index contributed by atoms with van der Waals surface area (Å²) >= 11 is 0. The molecule has 0 aliphatic carbocycles. The van der Waals surface area contributed by atoms with Crippen molar-refractivity contribution in [2.24, 2.45) is 4.99 Å². The lowest BCUT2D eigenvalue weighted by molar-refractivity contribution is 0.0520. The van der Waals surface area contributed by atoms with Gasteiger partial charge in [0.2, 0.25) is 0 Å². The first-order chi connectivity index (χ1) is 13.7. The summed E-state index contributed by atoms with van der Waals surface area (Å²) in [6.07, 6.45) is 13.7. The zero-order chi connectivity index (χ0) is 19.5. The number of nitrogens with zero attached hydrogens (tertiary/aromatic N) is 2. The molecule has 4 rings (SSSR count). The number of aromatic nitrogens is 2. The van der Waals surface area contributed by atoms with Crippen molar-refractivity contribution in [3.05, 3.63) is 70.8 Å². The van der Waals surface area contributed by atoms with Gasteiger partial charge in [-0.3, -0.25) is 4.99 Å². The average molecular weight is 375 g/mol. The molecule has 0 spiro atoms. The molecule has 140 valence electrons. The summed E-state index contributed by atoms with van der Waals surface area (Å²) in [6.45, 7) is 1.87. The van der Waals surface area contributed by atoms with Crippen LogP contribution in [0.5, 0.6) is 5.75 Å². The second-order valence-electron chi connectivity index (χ2n) is 5.93. The summed E-state index contributed by atoms with van der Waals surface area (Å²) in [5.41, 5.74) is 2.11. The number of allylic oxidation sites excluding steroid dienone is 3. The van der Waals surface area contributed by atoms with E-state index >= 15 is 0 Å². The van der Waals surface area contributed by atoms with Gasteiger partial charge in [0.1, 0.15) is 11.3 Å². The molecule has 1 aliphatic rings. The summed E-state index contributed by atoms with van der Waals surface area (Å²) < 4.78 is 11.0.